The maximum absolute atomic E-state index is 12.3. The van der Waals surface area contributed by atoms with E-state index in [1.807, 2.05) is 24.4 Å². The van der Waals surface area contributed by atoms with Crippen LogP contribution in [0.5, 0.6) is 0 Å². The number of carbonyl (C=O) groups excluding carboxylic acids is 1. The fourth-order valence-corrected chi connectivity index (χ4v) is 2.88. The summed E-state index contributed by atoms with van der Waals surface area (Å²) >= 11 is 7.40. The standard InChI is InChI=1S/C14H10ClNOS/c1-9-6-7-18-14(9)13(17)11(8-16)10-4-2-3-5-12(10)15/h2-7,11H,1H3. The van der Waals surface area contributed by atoms with Crippen LogP contribution in [-0.4, -0.2) is 5.78 Å². The quantitative estimate of drug-likeness (QED) is 0.788. The maximum Gasteiger partial charge on any atom is 0.194 e. The lowest BCUT2D eigenvalue weighted by Crippen LogP contribution is -2.11. The predicted octanol–water partition coefficient (Wildman–Crippen LogP) is 4.20. The Morgan fingerprint density at radius 2 is 2.11 bits per heavy atom. The molecule has 0 N–H and O–H groups in total. The lowest BCUT2D eigenvalue weighted by molar-refractivity contribution is 0.0982. The lowest BCUT2D eigenvalue weighted by atomic mass is 9.94. The van der Waals surface area contributed by atoms with Gasteiger partial charge in [0, 0.05) is 5.02 Å². The lowest BCUT2D eigenvalue weighted by Gasteiger charge is -2.09. The van der Waals surface area contributed by atoms with E-state index in [0.29, 0.717) is 15.5 Å². The number of ketones is 1. The minimum absolute atomic E-state index is 0.182. The van der Waals surface area contributed by atoms with Crippen LogP contribution < -0.4 is 0 Å². The zero-order valence-electron chi connectivity index (χ0n) is 9.68. The van der Waals surface area contributed by atoms with Gasteiger partial charge in [0.1, 0.15) is 5.92 Å². The van der Waals surface area contributed by atoms with Crippen LogP contribution in [-0.2, 0) is 0 Å². The highest BCUT2D eigenvalue weighted by Crippen LogP contribution is 2.29. The molecule has 0 aliphatic carbocycles. The molecule has 0 amide bonds. The Labute approximate surface area is 114 Å². The third-order valence-electron chi connectivity index (χ3n) is 2.69. The van der Waals surface area contributed by atoms with Crippen molar-refractivity contribution in [1.29, 1.82) is 5.26 Å². The molecule has 2 rings (SSSR count). The van der Waals surface area contributed by atoms with Gasteiger partial charge in [0.25, 0.3) is 0 Å². The highest BCUT2D eigenvalue weighted by atomic mass is 35.5. The van der Waals surface area contributed by atoms with E-state index >= 15 is 0 Å². The molecule has 1 aromatic carbocycles. The second-order valence-electron chi connectivity index (χ2n) is 3.88. The van der Waals surface area contributed by atoms with E-state index in [4.69, 9.17) is 11.6 Å². The second-order valence-corrected chi connectivity index (χ2v) is 5.20. The molecule has 0 fully saturated rings. The normalized spacial score (nSPS) is 11.8. The molecule has 0 aliphatic heterocycles. The van der Waals surface area contributed by atoms with Crippen LogP contribution in [0.1, 0.15) is 26.7 Å². The van der Waals surface area contributed by atoms with Crippen molar-refractivity contribution in [1.82, 2.24) is 0 Å². The Balaban J connectivity index is 2.43. The summed E-state index contributed by atoms with van der Waals surface area (Å²) in [5.74, 6) is -1.02. The summed E-state index contributed by atoms with van der Waals surface area (Å²) in [4.78, 5) is 13.0. The minimum Gasteiger partial charge on any atom is -0.291 e. The molecular weight excluding hydrogens is 266 g/mol. The fraction of sp³-hybridized carbons (Fsp3) is 0.143. The zero-order valence-corrected chi connectivity index (χ0v) is 11.3. The molecule has 2 aromatic rings. The predicted molar refractivity (Wildman–Crippen MR) is 73.2 cm³/mol. The average Bonchev–Trinajstić information content (AvgIpc) is 2.78. The van der Waals surface area contributed by atoms with Crippen molar-refractivity contribution in [3.8, 4) is 6.07 Å². The number of rotatable bonds is 3. The van der Waals surface area contributed by atoms with Gasteiger partial charge in [-0.2, -0.15) is 5.26 Å². The van der Waals surface area contributed by atoms with E-state index in [1.165, 1.54) is 11.3 Å². The summed E-state index contributed by atoms with van der Waals surface area (Å²) in [7, 11) is 0. The van der Waals surface area contributed by atoms with E-state index < -0.39 is 5.92 Å². The molecule has 0 spiro atoms. The monoisotopic (exact) mass is 275 g/mol. The Hall–Kier alpha value is -1.63. The Morgan fingerprint density at radius 1 is 1.39 bits per heavy atom. The Morgan fingerprint density at radius 3 is 2.67 bits per heavy atom. The van der Waals surface area contributed by atoms with Crippen LogP contribution in [0.3, 0.4) is 0 Å². The van der Waals surface area contributed by atoms with E-state index in [1.54, 1.807) is 24.3 Å². The van der Waals surface area contributed by atoms with Gasteiger partial charge in [0.05, 0.1) is 10.9 Å². The number of nitriles is 1. The first-order valence-corrected chi connectivity index (χ1v) is 6.63. The first-order chi connectivity index (χ1) is 8.65. The van der Waals surface area contributed by atoms with Crippen LogP contribution >= 0.6 is 22.9 Å². The van der Waals surface area contributed by atoms with Crippen molar-refractivity contribution in [3.63, 3.8) is 0 Å². The Bertz CT molecular complexity index is 627. The number of nitrogens with zero attached hydrogens (tertiary/aromatic N) is 1. The average molecular weight is 276 g/mol. The number of benzene rings is 1. The van der Waals surface area contributed by atoms with Crippen molar-refractivity contribution in [2.45, 2.75) is 12.8 Å². The highest BCUT2D eigenvalue weighted by molar-refractivity contribution is 7.12. The molecule has 1 atom stereocenters. The van der Waals surface area contributed by atoms with Crippen molar-refractivity contribution < 1.29 is 4.79 Å². The molecule has 4 heteroatoms. The third-order valence-corrected chi connectivity index (χ3v) is 4.07. The van der Waals surface area contributed by atoms with Gasteiger partial charge in [-0.15, -0.1) is 11.3 Å². The summed E-state index contributed by atoms with van der Waals surface area (Å²) in [6.45, 7) is 1.87. The van der Waals surface area contributed by atoms with E-state index in [0.717, 1.165) is 5.56 Å². The smallest absolute Gasteiger partial charge is 0.194 e. The first-order valence-electron chi connectivity index (χ1n) is 5.37. The molecule has 0 saturated heterocycles. The molecule has 1 unspecified atom stereocenters. The number of hydrogen-bond acceptors (Lipinski definition) is 3. The van der Waals surface area contributed by atoms with E-state index in [2.05, 4.69) is 0 Å². The summed E-state index contributed by atoms with van der Waals surface area (Å²) in [5, 5.41) is 11.5. The van der Waals surface area contributed by atoms with Crippen LogP contribution in [0.2, 0.25) is 5.02 Å². The largest absolute Gasteiger partial charge is 0.291 e. The number of thiophene rings is 1. The van der Waals surface area contributed by atoms with Gasteiger partial charge in [0.2, 0.25) is 0 Å². The molecule has 2 nitrogen and oxygen atoms in total. The van der Waals surface area contributed by atoms with Crippen LogP contribution in [0, 0.1) is 18.3 Å². The number of halogens is 1. The maximum atomic E-state index is 12.3. The van der Waals surface area contributed by atoms with Gasteiger partial charge in [0.15, 0.2) is 5.78 Å². The molecule has 1 aromatic heterocycles. The number of Topliss-reactive ketones (excluding diaryl/α,β-unsaturated/α-hetero) is 1. The molecular formula is C14H10ClNOS. The molecule has 0 bridgehead atoms. The van der Waals surface area contributed by atoms with Crippen molar-refractivity contribution >= 4 is 28.7 Å². The third kappa shape index (κ3) is 2.31. The molecule has 90 valence electrons. The molecule has 0 aliphatic rings. The van der Waals surface area contributed by atoms with E-state index in [-0.39, 0.29) is 5.78 Å². The van der Waals surface area contributed by atoms with E-state index in [9.17, 15) is 10.1 Å². The van der Waals surface area contributed by atoms with Gasteiger partial charge in [-0.3, -0.25) is 4.79 Å². The Kier molecular flexibility index (Phi) is 3.81. The molecule has 0 radical (unpaired) electrons. The highest BCUT2D eigenvalue weighted by Gasteiger charge is 2.25. The van der Waals surface area contributed by atoms with Crippen molar-refractivity contribution in [2.75, 3.05) is 0 Å². The first kappa shape index (κ1) is 12.8. The van der Waals surface area contributed by atoms with Gasteiger partial charge in [-0.25, -0.2) is 0 Å². The summed E-state index contributed by atoms with van der Waals surface area (Å²) < 4.78 is 0. The van der Waals surface area contributed by atoms with Crippen molar-refractivity contribution in [3.05, 3.63) is 56.7 Å². The van der Waals surface area contributed by atoms with Crippen LogP contribution in [0.15, 0.2) is 35.7 Å². The summed E-state index contributed by atoms with van der Waals surface area (Å²) in [5.41, 5.74) is 1.47. The molecule has 0 saturated carbocycles. The van der Waals surface area contributed by atoms with Crippen LogP contribution in [0.25, 0.3) is 0 Å². The summed E-state index contributed by atoms with van der Waals surface area (Å²) in [6, 6.07) is 10.9. The number of carbonyl (C=O) groups is 1. The number of hydrogen-bond donors (Lipinski definition) is 0. The minimum atomic E-state index is -0.837. The zero-order chi connectivity index (χ0) is 13.1. The number of aryl methyl sites for hydroxylation is 1. The van der Waals surface area contributed by atoms with Crippen LogP contribution in [0.4, 0.5) is 0 Å². The fourth-order valence-electron chi connectivity index (χ4n) is 1.73. The van der Waals surface area contributed by atoms with Gasteiger partial charge in [-0.05, 0) is 35.6 Å². The second kappa shape index (κ2) is 5.34. The van der Waals surface area contributed by atoms with Gasteiger partial charge in [-0.1, -0.05) is 29.8 Å². The molecule has 1 heterocycles. The topological polar surface area (TPSA) is 40.9 Å². The summed E-state index contributed by atoms with van der Waals surface area (Å²) in [6.07, 6.45) is 0. The van der Waals surface area contributed by atoms with Gasteiger partial charge >= 0.3 is 0 Å². The van der Waals surface area contributed by atoms with Crippen molar-refractivity contribution in [2.24, 2.45) is 0 Å². The van der Waals surface area contributed by atoms with Gasteiger partial charge < -0.3 is 0 Å². The molecule has 18 heavy (non-hydrogen) atoms. The SMILES string of the molecule is Cc1ccsc1C(=O)C(C#N)c1ccccc1Cl.